The summed E-state index contributed by atoms with van der Waals surface area (Å²) in [6.07, 6.45) is 5.05. The van der Waals surface area contributed by atoms with Crippen LogP contribution < -0.4 is 0 Å². The number of nitrogens with one attached hydrogen (secondary N) is 1. The van der Waals surface area contributed by atoms with E-state index in [-0.39, 0.29) is 0 Å². The van der Waals surface area contributed by atoms with Gasteiger partial charge < -0.3 is 5.11 Å². The number of aromatic nitrogens is 2. The Bertz CT molecular complexity index is 186. The van der Waals surface area contributed by atoms with Crippen molar-refractivity contribution in [2.75, 3.05) is 0 Å². The number of hydrogen-bond acceptors (Lipinski definition) is 2. The van der Waals surface area contributed by atoms with Gasteiger partial charge in [-0.25, -0.2) is 0 Å². The third-order valence-corrected chi connectivity index (χ3v) is 1.13. The summed E-state index contributed by atoms with van der Waals surface area (Å²) in [5, 5.41) is 15.6. The molecule has 0 aliphatic carbocycles. The molecule has 3 heteroatoms. The van der Waals surface area contributed by atoms with Crippen LogP contribution in [0.4, 0.5) is 0 Å². The molecule has 1 rings (SSSR count). The maximum Gasteiger partial charge on any atom is 0.116 e. The van der Waals surface area contributed by atoms with Crippen LogP contribution in [0.1, 0.15) is 19.4 Å². The first-order valence-corrected chi connectivity index (χ1v) is 3.21. The standard InChI is InChI=1S/C7H11N2O/c1-7(2,10)3-6-4-8-9-5-6/h4,10H,3H2,1-2H3,(H,8,9). The summed E-state index contributed by atoms with van der Waals surface area (Å²) in [6, 6.07) is 0. The molecular weight excluding hydrogens is 128 g/mol. The first kappa shape index (κ1) is 7.28. The molecule has 1 aromatic heterocycles. The minimum absolute atomic E-state index is 0.587. The van der Waals surface area contributed by atoms with Gasteiger partial charge in [0.2, 0.25) is 0 Å². The average Bonchev–Trinajstić information content (AvgIpc) is 2.12. The van der Waals surface area contributed by atoms with Crippen molar-refractivity contribution in [3.8, 4) is 0 Å². The van der Waals surface area contributed by atoms with Crippen molar-refractivity contribution >= 4 is 0 Å². The molecule has 0 saturated carbocycles. The van der Waals surface area contributed by atoms with Crippen LogP contribution in [-0.2, 0) is 6.42 Å². The van der Waals surface area contributed by atoms with Gasteiger partial charge in [0.25, 0.3) is 0 Å². The minimum Gasteiger partial charge on any atom is -0.390 e. The minimum atomic E-state index is -0.666. The normalized spacial score (nSPS) is 11.9. The Morgan fingerprint density at radius 2 is 2.50 bits per heavy atom. The van der Waals surface area contributed by atoms with E-state index in [4.69, 9.17) is 0 Å². The number of aliphatic hydroxyl groups is 1. The summed E-state index contributed by atoms with van der Waals surface area (Å²) < 4.78 is 0. The van der Waals surface area contributed by atoms with Crippen LogP contribution in [0, 0.1) is 6.20 Å². The zero-order valence-corrected chi connectivity index (χ0v) is 6.18. The molecule has 10 heavy (non-hydrogen) atoms. The van der Waals surface area contributed by atoms with Gasteiger partial charge in [0.15, 0.2) is 0 Å². The fraction of sp³-hybridized carbons (Fsp3) is 0.571. The van der Waals surface area contributed by atoms with Crippen molar-refractivity contribution in [3.05, 3.63) is 18.0 Å². The summed E-state index contributed by atoms with van der Waals surface area (Å²) >= 11 is 0. The molecule has 0 fully saturated rings. The van der Waals surface area contributed by atoms with Crippen molar-refractivity contribution in [2.45, 2.75) is 25.9 Å². The molecule has 0 atom stereocenters. The first-order chi connectivity index (χ1) is 4.58. The van der Waals surface area contributed by atoms with Gasteiger partial charge in [-0.2, -0.15) is 5.10 Å². The Balaban J connectivity index is 2.57. The lowest BCUT2D eigenvalue weighted by Gasteiger charge is -2.14. The van der Waals surface area contributed by atoms with E-state index in [1.54, 1.807) is 20.0 Å². The highest BCUT2D eigenvalue weighted by Crippen LogP contribution is 2.09. The van der Waals surface area contributed by atoms with E-state index in [1.807, 2.05) is 0 Å². The third-order valence-electron chi connectivity index (χ3n) is 1.13. The Kier molecular flexibility index (Phi) is 1.76. The lowest BCUT2D eigenvalue weighted by atomic mass is 10.0. The van der Waals surface area contributed by atoms with E-state index in [0.29, 0.717) is 6.42 Å². The summed E-state index contributed by atoms with van der Waals surface area (Å²) in [5.41, 5.74) is 0.243. The number of rotatable bonds is 2. The predicted molar refractivity (Wildman–Crippen MR) is 37.4 cm³/mol. The van der Waals surface area contributed by atoms with Gasteiger partial charge in [0, 0.05) is 18.2 Å². The second kappa shape index (κ2) is 2.42. The maximum absolute atomic E-state index is 9.33. The predicted octanol–water partition coefficient (Wildman–Crippen LogP) is 0.523. The highest BCUT2D eigenvalue weighted by Gasteiger charge is 2.13. The molecule has 1 aromatic rings. The van der Waals surface area contributed by atoms with Crippen LogP contribution in [0.25, 0.3) is 0 Å². The lowest BCUT2D eigenvalue weighted by Crippen LogP contribution is -2.21. The number of H-pyrrole nitrogens is 1. The van der Waals surface area contributed by atoms with Gasteiger partial charge in [0.1, 0.15) is 6.20 Å². The van der Waals surface area contributed by atoms with Crippen molar-refractivity contribution in [2.24, 2.45) is 0 Å². The van der Waals surface area contributed by atoms with Gasteiger partial charge in [-0.1, -0.05) is 0 Å². The summed E-state index contributed by atoms with van der Waals surface area (Å²) in [6.45, 7) is 3.52. The Hall–Kier alpha value is -0.830. The Morgan fingerprint density at radius 3 is 2.90 bits per heavy atom. The molecular formula is C7H11N2O. The van der Waals surface area contributed by atoms with E-state index in [1.165, 1.54) is 0 Å². The molecule has 0 aliphatic heterocycles. The molecule has 0 aliphatic rings. The molecule has 0 spiro atoms. The molecule has 0 unspecified atom stereocenters. The van der Waals surface area contributed by atoms with Gasteiger partial charge in [-0.05, 0) is 13.8 Å². The fourth-order valence-electron chi connectivity index (χ4n) is 0.803. The average molecular weight is 139 g/mol. The van der Waals surface area contributed by atoms with E-state index >= 15 is 0 Å². The van der Waals surface area contributed by atoms with Crippen LogP contribution in [0.3, 0.4) is 0 Å². The maximum atomic E-state index is 9.33. The van der Waals surface area contributed by atoms with Crippen LogP contribution >= 0.6 is 0 Å². The highest BCUT2D eigenvalue weighted by atomic mass is 16.3. The second-order valence-electron chi connectivity index (χ2n) is 3.01. The quantitative estimate of drug-likeness (QED) is 0.627. The van der Waals surface area contributed by atoms with Crippen molar-refractivity contribution in [1.29, 1.82) is 0 Å². The van der Waals surface area contributed by atoms with Crippen molar-refractivity contribution in [3.63, 3.8) is 0 Å². The van der Waals surface area contributed by atoms with Gasteiger partial charge in [0.05, 0.1) is 5.60 Å². The first-order valence-electron chi connectivity index (χ1n) is 3.21. The molecule has 0 amide bonds. The monoisotopic (exact) mass is 139 g/mol. The van der Waals surface area contributed by atoms with Gasteiger partial charge in [-0.3, -0.25) is 5.10 Å². The second-order valence-corrected chi connectivity index (χ2v) is 3.01. The molecule has 0 saturated heterocycles. The highest BCUT2D eigenvalue weighted by molar-refractivity contribution is 5.03. The number of aromatic amines is 1. The smallest absolute Gasteiger partial charge is 0.116 e. The summed E-state index contributed by atoms with van der Waals surface area (Å²) in [4.78, 5) is 0. The van der Waals surface area contributed by atoms with Crippen LogP contribution in [0.15, 0.2) is 6.20 Å². The fourth-order valence-corrected chi connectivity index (χ4v) is 0.803. The van der Waals surface area contributed by atoms with E-state index in [2.05, 4.69) is 16.4 Å². The Morgan fingerprint density at radius 1 is 1.80 bits per heavy atom. The molecule has 1 radical (unpaired) electrons. The molecule has 0 bridgehead atoms. The lowest BCUT2D eigenvalue weighted by molar-refractivity contribution is 0.0809. The Labute approximate surface area is 60.1 Å². The van der Waals surface area contributed by atoms with E-state index in [9.17, 15) is 5.11 Å². The zero-order chi connectivity index (χ0) is 7.61. The van der Waals surface area contributed by atoms with Crippen LogP contribution in [0.2, 0.25) is 0 Å². The molecule has 2 N–H and O–H groups in total. The van der Waals surface area contributed by atoms with Gasteiger partial charge >= 0.3 is 0 Å². The molecule has 1 heterocycles. The van der Waals surface area contributed by atoms with Gasteiger partial charge in [-0.15, -0.1) is 0 Å². The summed E-state index contributed by atoms with van der Waals surface area (Å²) in [5.74, 6) is 0. The number of nitrogens with zero attached hydrogens (tertiary/aromatic N) is 1. The SMILES string of the molecule is CC(C)(O)Cc1[c]n[nH]c1. The number of hydrogen-bond donors (Lipinski definition) is 2. The largest absolute Gasteiger partial charge is 0.390 e. The molecule has 0 aromatic carbocycles. The van der Waals surface area contributed by atoms with E-state index in [0.717, 1.165) is 5.56 Å². The van der Waals surface area contributed by atoms with E-state index < -0.39 is 5.60 Å². The summed E-state index contributed by atoms with van der Waals surface area (Å²) in [7, 11) is 0. The molecule has 3 nitrogen and oxygen atoms in total. The zero-order valence-electron chi connectivity index (χ0n) is 6.18. The third kappa shape index (κ3) is 2.19. The molecule has 55 valence electrons. The topological polar surface area (TPSA) is 48.9 Å². The van der Waals surface area contributed by atoms with Crippen LogP contribution in [-0.4, -0.2) is 20.9 Å². The van der Waals surface area contributed by atoms with Crippen molar-refractivity contribution < 1.29 is 5.11 Å². The van der Waals surface area contributed by atoms with Crippen molar-refractivity contribution in [1.82, 2.24) is 10.2 Å². The van der Waals surface area contributed by atoms with Crippen LogP contribution in [0.5, 0.6) is 0 Å².